The summed E-state index contributed by atoms with van der Waals surface area (Å²) in [5.74, 6) is -1.03. The molecule has 6 heteroatoms. The van der Waals surface area contributed by atoms with E-state index in [1.54, 1.807) is 38.1 Å². The van der Waals surface area contributed by atoms with E-state index in [-0.39, 0.29) is 12.5 Å². The second-order valence-corrected chi connectivity index (χ2v) is 5.04. The smallest absolute Gasteiger partial charge is 0.346 e. The minimum atomic E-state index is -1.10. The number of aliphatic carboxylic acids is 1. The van der Waals surface area contributed by atoms with Crippen LogP contribution in [0, 0.1) is 0 Å². The average molecular weight is 279 g/mol. The van der Waals surface area contributed by atoms with E-state index >= 15 is 0 Å². The van der Waals surface area contributed by atoms with Crippen molar-refractivity contribution in [3.8, 4) is 5.75 Å². The van der Waals surface area contributed by atoms with Crippen LogP contribution in [0.1, 0.15) is 13.8 Å². The summed E-state index contributed by atoms with van der Waals surface area (Å²) in [4.78, 5) is 25.1. The van der Waals surface area contributed by atoms with Crippen LogP contribution in [-0.4, -0.2) is 42.3 Å². The Hall–Kier alpha value is -2.08. The number of ether oxygens (including phenoxy) is 2. The molecule has 0 saturated carbocycles. The molecule has 1 amide bonds. The summed E-state index contributed by atoms with van der Waals surface area (Å²) in [5.41, 5.74) is -0.479. The van der Waals surface area contributed by atoms with Gasteiger partial charge < -0.3 is 19.5 Å². The Bertz CT molecular complexity index is 540. The maximum Gasteiger partial charge on any atom is 0.346 e. The van der Waals surface area contributed by atoms with E-state index in [9.17, 15) is 9.59 Å². The van der Waals surface area contributed by atoms with Gasteiger partial charge in [0.2, 0.25) is 6.10 Å². The minimum absolute atomic E-state index is 0.0437. The predicted octanol–water partition coefficient (Wildman–Crippen LogP) is 1.29. The van der Waals surface area contributed by atoms with Gasteiger partial charge in [-0.15, -0.1) is 0 Å². The third-order valence-corrected chi connectivity index (χ3v) is 3.32. The van der Waals surface area contributed by atoms with Gasteiger partial charge in [-0.25, -0.2) is 4.79 Å². The van der Waals surface area contributed by atoms with Crippen LogP contribution in [0.4, 0.5) is 5.69 Å². The van der Waals surface area contributed by atoms with Crippen LogP contribution in [0.15, 0.2) is 24.3 Å². The Balaban J connectivity index is 2.41. The zero-order valence-corrected chi connectivity index (χ0v) is 11.6. The van der Waals surface area contributed by atoms with Gasteiger partial charge >= 0.3 is 5.97 Å². The van der Waals surface area contributed by atoms with Crippen molar-refractivity contribution in [2.75, 3.05) is 18.6 Å². The fourth-order valence-corrected chi connectivity index (χ4v) is 1.97. The zero-order valence-electron chi connectivity index (χ0n) is 11.6. The molecule has 1 N–H and O–H groups in total. The summed E-state index contributed by atoms with van der Waals surface area (Å²) in [7, 11) is 1.44. The summed E-state index contributed by atoms with van der Waals surface area (Å²) in [6.45, 7) is 3.24. The van der Waals surface area contributed by atoms with Gasteiger partial charge in [-0.3, -0.25) is 4.79 Å². The Morgan fingerprint density at radius 2 is 2.05 bits per heavy atom. The summed E-state index contributed by atoms with van der Waals surface area (Å²) in [5, 5.41) is 9.13. The number of rotatable bonds is 3. The van der Waals surface area contributed by atoms with Crippen molar-refractivity contribution in [2.45, 2.75) is 25.6 Å². The highest BCUT2D eigenvalue weighted by molar-refractivity contribution is 6.01. The SMILES string of the molecule is COC(C)(C)C(=O)N1CC(C(=O)O)Oc2ccccc21. The van der Waals surface area contributed by atoms with Crippen molar-refractivity contribution in [3.63, 3.8) is 0 Å². The highest BCUT2D eigenvalue weighted by Crippen LogP contribution is 2.34. The number of methoxy groups -OCH3 is 1. The van der Waals surface area contributed by atoms with Crippen LogP contribution in [-0.2, 0) is 14.3 Å². The van der Waals surface area contributed by atoms with Crippen LogP contribution in [0.25, 0.3) is 0 Å². The topological polar surface area (TPSA) is 76.1 Å². The van der Waals surface area contributed by atoms with E-state index in [1.165, 1.54) is 12.0 Å². The quantitative estimate of drug-likeness (QED) is 0.902. The average Bonchev–Trinajstić information content (AvgIpc) is 2.45. The molecule has 1 aliphatic rings. The van der Waals surface area contributed by atoms with E-state index < -0.39 is 17.7 Å². The first-order chi connectivity index (χ1) is 9.36. The zero-order chi connectivity index (χ0) is 14.9. The summed E-state index contributed by atoms with van der Waals surface area (Å²) in [6.07, 6.45) is -1.08. The fraction of sp³-hybridized carbons (Fsp3) is 0.429. The third-order valence-electron chi connectivity index (χ3n) is 3.32. The van der Waals surface area contributed by atoms with Crippen LogP contribution in [0.3, 0.4) is 0 Å². The molecule has 0 fully saturated rings. The lowest BCUT2D eigenvalue weighted by molar-refractivity contribution is -0.145. The van der Waals surface area contributed by atoms with E-state index in [0.29, 0.717) is 11.4 Å². The molecule has 6 nitrogen and oxygen atoms in total. The van der Waals surface area contributed by atoms with Gasteiger partial charge in [0, 0.05) is 7.11 Å². The number of hydrogen-bond donors (Lipinski definition) is 1. The number of carbonyl (C=O) groups is 2. The number of carbonyl (C=O) groups excluding carboxylic acids is 1. The lowest BCUT2D eigenvalue weighted by Crippen LogP contribution is -2.53. The molecule has 1 heterocycles. The number of para-hydroxylation sites is 2. The standard InChI is InChI=1S/C14H17NO5/c1-14(2,19-3)13(18)15-8-11(12(16)17)20-10-7-5-4-6-9(10)15/h4-7,11H,8H2,1-3H3,(H,16,17). The third kappa shape index (κ3) is 2.46. The van der Waals surface area contributed by atoms with Gasteiger partial charge in [-0.1, -0.05) is 12.1 Å². The van der Waals surface area contributed by atoms with Crippen molar-refractivity contribution in [3.05, 3.63) is 24.3 Å². The molecule has 20 heavy (non-hydrogen) atoms. The van der Waals surface area contributed by atoms with E-state index in [2.05, 4.69) is 0 Å². The van der Waals surface area contributed by atoms with Crippen LogP contribution in [0.5, 0.6) is 5.75 Å². The molecule has 0 aliphatic carbocycles. The lowest BCUT2D eigenvalue weighted by atomic mass is 10.1. The minimum Gasteiger partial charge on any atom is -0.478 e. The van der Waals surface area contributed by atoms with Gasteiger partial charge in [0.25, 0.3) is 5.91 Å². The summed E-state index contributed by atoms with van der Waals surface area (Å²) < 4.78 is 10.6. The van der Waals surface area contributed by atoms with Gasteiger partial charge in [0.05, 0.1) is 12.2 Å². The fourth-order valence-electron chi connectivity index (χ4n) is 1.97. The lowest BCUT2D eigenvalue weighted by Gasteiger charge is -2.36. The first-order valence-corrected chi connectivity index (χ1v) is 6.22. The number of carboxylic acids is 1. The van der Waals surface area contributed by atoms with Crippen molar-refractivity contribution < 1.29 is 24.2 Å². The van der Waals surface area contributed by atoms with Crippen LogP contribution < -0.4 is 9.64 Å². The molecule has 0 spiro atoms. The molecule has 1 aromatic carbocycles. The van der Waals surface area contributed by atoms with Crippen molar-refractivity contribution in [2.24, 2.45) is 0 Å². The van der Waals surface area contributed by atoms with E-state index in [1.807, 2.05) is 0 Å². The Kier molecular flexibility index (Phi) is 3.67. The Morgan fingerprint density at radius 1 is 1.40 bits per heavy atom. The normalized spacial score (nSPS) is 18.1. The molecule has 1 unspecified atom stereocenters. The number of fused-ring (bicyclic) bond motifs is 1. The maximum atomic E-state index is 12.5. The molecular weight excluding hydrogens is 262 g/mol. The second kappa shape index (κ2) is 5.13. The van der Waals surface area contributed by atoms with Crippen molar-refractivity contribution in [1.82, 2.24) is 0 Å². The molecule has 0 saturated heterocycles. The second-order valence-electron chi connectivity index (χ2n) is 5.04. The molecule has 2 rings (SSSR count). The highest BCUT2D eigenvalue weighted by Gasteiger charge is 2.39. The van der Waals surface area contributed by atoms with Crippen molar-refractivity contribution in [1.29, 1.82) is 0 Å². The van der Waals surface area contributed by atoms with Gasteiger partial charge in [-0.05, 0) is 26.0 Å². The predicted molar refractivity (Wildman–Crippen MR) is 71.9 cm³/mol. The number of carboxylic acid groups (broad SMARTS) is 1. The molecule has 1 aliphatic heterocycles. The number of nitrogens with zero attached hydrogens (tertiary/aromatic N) is 1. The highest BCUT2D eigenvalue weighted by atomic mass is 16.5. The molecule has 1 aromatic rings. The van der Waals surface area contributed by atoms with Gasteiger partial charge in [-0.2, -0.15) is 0 Å². The molecular formula is C14H17NO5. The van der Waals surface area contributed by atoms with E-state index in [4.69, 9.17) is 14.6 Å². The van der Waals surface area contributed by atoms with Crippen LogP contribution >= 0.6 is 0 Å². The van der Waals surface area contributed by atoms with Crippen molar-refractivity contribution >= 4 is 17.6 Å². The summed E-state index contributed by atoms with van der Waals surface area (Å²) in [6, 6.07) is 6.86. The first-order valence-electron chi connectivity index (χ1n) is 6.22. The number of hydrogen-bond acceptors (Lipinski definition) is 4. The number of amides is 1. The molecule has 0 bridgehead atoms. The Labute approximate surface area is 116 Å². The largest absolute Gasteiger partial charge is 0.478 e. The van der Waals surface area contributed by atoms with Crippen LogP contribution in [0.2, 0.25) is 0 Å². The monoisotopic (exact) mass is 279 g/mol. The molecule has 0 radical (unpaired) electrons. The van der Waals surface area contributed by atoms with Gasteiger partial charge in [0.15, 0.2) is 0 Å². The number of benzene rings is 1. The van der Waals surface area contributed by atoms with E-state index in [0.717, 1.165) is 0 Å². The molecule has 1 atom stereocenters. The molecule has 0 aromatic heterocycles. The first kappa shape index (κ1) is 14.3. The summed E-state index contributed by atoms with van der Waals surface area (Å²) >= 11 is 0. The maximum absolute atomic E-state index is 12.5. The Morgan fingerprint density at radius 3 is 2.65 bits per heavy atom. The molecule has 108 valence electrons. The van der Waals surface area contributed by atoms with Gasteiger partial charge in [0.1, 0.15) is 11.4 Å². The number of anilines is 1.